The van der Waals surface area contributed by atoms with Gasteiger partial charge in [-0.05, 0) is 42.5 Å². The van der Waals surface area contributed by atoms with Crippen molar-refractivity contribution in [1.29, 1.82) is 0 Å². The molecule has 0 N–H and O–H groups in total. The number of aldehydes is 1. The van der Waals surface area contributed by atoms with E-state index in [0.717, 1.165) is 24.9 Å². The van der Waals surface area contributed by atoms with Crippen LogP contribution < -0.4 is 4.90 Å². The van der Waals surface area contributed by atoms with Gasteiger partial charge in [0.15, 0.2) is 0 Å². The minimum Gasteiger partial charge on any atom is -0.371 e. The second-order valence-corrected chi connectivity index (χ2v) is 5.40. The molecule has 1 heterocycles. The van der Waals surface area contributed by atoms with Crippen LogP contribution in [0.25, 0.3) is 0 Å². The zero-order valence-electron chi connectivity index (χ0n) is 11.5. The molecule has 1 aliphatic heterocycles. The number of carbonyl (C=O) groups is 1. The standard InChI is InChI=1S/C16H23NO/c1-3-16(4-2)9-11-17(12-10-16)15-7-5-14(13-18)6-8-15/h5-8,13H,3-4,9-12H2,1-2H3. The lowest BCUT2D eigenvalue weighted by Crippen LogP contribution is -2.39. The molecule has 0 unspecified atom stereocenters. The van der Waals surface area contributed by atoms with Gasteiger partial charge in [-0.3, -0.25) is 4.79 Å². The Balaban J connectivity index is 2.02. The maximum absolute atomic E-state index is 10.6. The zero-order valence-corrected chi connectivity index (χ0v) is 11.5. The first-order valence-electron chi connectivity index (χ1n) is 7.03. The molecule has 2 heteroatoms. The Labute approximate surface area is 110 Å². The number of hydrogen-bond donors (Lipinski definition) is 0. The van der Waals surface area contributed by atoms with Gasteiger partial charge in [0.2, 0.25) is 0 Å². The molecule has 18 heavy (non-hydrogen) atoms. The predicted molar refractivity (Wildman–Crippen MR) is 76.3 cm³/mol. The van der Waals surface area contributed by atoms with Gasteiger partial charge in [-0.15, -0.1) is 0 Å². The summed E-state index contributed by atoms with van der Waals surface area (Å²) in [5.41, 5.74) is 2.58. The summed E-state index contributed by atoms with van der Waals surface area (Å²) in [6.45, 7) is 6.92. The van der Waals surface area contributed by atoms with Crippen LogP contribution in [-0.4, -0.2) is 19.4 Å². The predicted octanol–water partition coefficient (Wildman–Crippen LogP) is 3.91. The molecule has 2 rings (SSSR count). The van der Waals surface area contributed by atoms with Gasteiger partial charge in [-0.25, -0.2) is 0 Å². The van der Waals surface area contributed by atoms with E-state index in [2.05, 4.69) is 30.9 Å². The number of anilines is 1. The number of carbonyl (C=O) groups excluding carboxylic acids is 1. The van der Waals surface area contributed by atoms with Crippen molar-refractivity contribution in [3.05, 3.63) is 29.8 Å². The fourth-order valence-electron chi connectivity index (χ4n) is 2.96. The normalized spacial score (nSPS) is 18.7. The molecule has 1 aliphatic rings. The lowest BCUT2D eigenvalue weighted by atomic mass is 9.74. The monoisotopic (exact) mass is 245 g/mol. The summed E-state index contributed by atoms with van der Waals surface area (Å²) in [7, 11) is 0. The van der Waals surface area contributed by atoms with Gasteiger partial charge in [0.25, 0.3) is 0 Å². The molecule has 0 radical (unpaired) electrons. The van der Waals surface area contributed by atoms with E-state index >= 15 is 0 Å². The van der Waals surface area contributed by atoms with E-state index in [1.807, 2.05) is 12.1 Å². The second kappa shape index (κ2) is 5.55. The fraction of sp³-hybridized carbons (Fsp3) is 0.562. The molecule has 0 atom stereocenters. The van der Waals surface area contributed by atoms with E-state index in [4.69, 9.17) is 0 Å². The maximum atomic E-state index is 10.6. The highest BCUT2D eigenvalue weighted by atomic mass is 16.1. The van der Waals surface area contributed by atoms with Gasteiger partial charge >= 0.3 is 0 Å². The molecule has 98 valence electrons. The summed E-state index contributed by atoms with van der Waals surface area (Å²) >= 11 is 0. The molecule has 0 spiro atoms. The number of benzene rings is 1. The van der Waals surface area contributed by atoms with Crippen LogP contribution in [0.3, 0.4) is 0 Å². The average molecular weight is 245 g/mol. The summed E-state index contributed by atoms with van der Waals surface area (Å²) in [6, 6.07) is 7.94. The fourth-order valence-corrected chi connectivity index (χ4v) is 2.96. The van der Waals surface area contributed by atoms with Crippen LogP contribution in [-0.2, 0) is 0 Å². The Morgan fingerprint density at radius 1 is 1.11 bits per heavy atom. The minimum absolute atomic E-state index is 0.569. The first-order chi connectivity index (χ1) is 8.73. The van der Waals surface area contributed by atoms with Crippen molar-refractivity contribution < 1.29 is 4.79 Å². The Kier molecular flexibility index (Phi) is 4.05. The molecule has 1 saturated heterocycles. The van der Waals surface area contributed by atoms with Crippen LogP contribution in [0.1, 0.15) is 49.9 Å². The molecular weight excluding hydrogens is 222 g/mol. The molecule has 1 fully saturated rings. The van der Waals surface area contributed by atoms with Crippen molar-refractivity contribution in [3.63, 3.8) is 0 Å². The van der Waals surface area contributed by atoms with Gasteiger partial charge < -0.3 is 4.90 Å². The Hall–Kier alpha value is -1.31. The molecule has 1 aromatic rings. The SMILES string of the molecule is CCC1(CC)CCN(c2ccc(C=O)cc2)CC1. The molecule has 0 saturated carbocycles. The van der Waals surface area contributed by atoms with E-state index in [1.54, 1.807) is 0 Å². The number of hydrogen-bond acceptors (Lipinski definition) is 2. The minimum atomic E-state index is 0.569. The van der Waals surface area contributed by atoms with E-state index in [0.29, 0.717) is 5.41 Å². The van der Waals surface area contributed by atoms with Crippen molar-refractivity contribution in [3.8, 4) is 0 Å². The smallest absolute Gasteiger partial charge is 0.150 e. The molecule has 0 aliphatic carbocycles. The number of piperidine rings is 1. The lowest BCUT2D eigenvalue weighted by Gasteiger charge is -2.42. The Morgan fingerprint density at radius 2 is 1.67 bits per heavy atom. The third-order valence-corrected chi connectivity index (χ3v) is 4.72. The van der Waals surface area contributed by atoms with Crippen molar-refractivity contribution >= 4 is 12.0 Å². The molecular formula is C16H23NO. The Bertz CT molecular complexity index is 382. The van der Waals surface area contributed by atoms with Crippen LogP contribution in [0.2, 0.25) is 0 Å². The maximum Gasteiger partial charge on any atom is 0.150 e. The summed E-state index contributed by atoms with van der Waals surface area (Å²) < 4.78 is 0. The molecule has 0 bridgehead atoms. The highest BCUT2D eigenvalue weighted by Crippen LogP contribution is 2.38. The van der Waals surface area contributed by atoms with E-state index in [1.165, 1.54) is 31.4 Å². The first-order valence-corrected chi connectivity index (χ1v) is 7.03. The van der Waals surface area contributed by atoms with Gasteiger partial charge in [-0.1, -0.05) is 26.7 Å². The van der Waals surface area contributed by atoms with E-state index in [-0.39, 0.29) is 0 Å². The van der Waals surface area contributed by atoms with E-state index in [9.17, 15) is 4.79 Å². The molecule has 1 aromatic carbocycles. The molecule has 0 aromatic heterocycles. The van der Waals surface area contributed by atoms with Crippen LogP contribution in [0, 0.1) is 5.41 Å². The largest absolute Gasteiger partial charge is 0.371 e. The van der Waals surface area contributed by atoms with Gasteiger partial charge in [0.1, 0.15) is 6.29 Å². The van der Waals surface area contributed by atoms with Crippen LogP contribution in [0.4, 0.5) is 5.69 Å². The summed E-state index contributed by atoms with van der Waals surface area (Å²) in [6.07, 6.45) is 6.06. The molecule has 0 amide bonds. The highest BCUT2D eigenvalue weighted by Gasteiger charge is 2.31. The Morgan fingerprint density at radius 3 is 2.11 bits per heavy atom. The summed E-state index contributed by atoms with van der Waals surface area (Å²) in [4.78, 5) is 13.1. The van der Waals surface area contributed by atoms with Crippen molar-refractivity contribution in [1.82, 2.24) is 0 Å². The van der Waals surface area contributed by atoms with Crippen LogP contribution in [0.5, 0.6) is 0 Å². The molecule has 2 nitrogen and oxygen atoms in total. The lowest BCUT2D eigenvalue weighted by molar-refractivity contribution is 0.112. The van der Waals surface area contributed by atoms with Crippen molar-refractivity contribution in [2.45, 2.75) is 39.5 Å². The topological polar surface area (TPSA) is 20.3 Å². The van der Waals surface area contributed by atoms with Gasteiger partial charge in [0, 0.05) is 24.3 Å². The second-order valence-electron chi connectivity index (χ2n) is 5.40. The van der Waals surface area contributed by atoms with Crippen molar-refractivity contribution in [2.24, 2.45) is 5.41 Å². The van der Waals surface area contributed by atoms with E-state index < -0.39 is 0 Å². The first kappa shape index (κ1) is 13.1. The van der Waals surface area contributed by atoms with Crippen molar-refractivity contribution in [2.75, 3.05) is 18.0 Å². The van der Waals surface area contributed by atoms with Crippen LogP contribution in [0.15, 0.2) is 24.3 Å². The third kappa shape index (κ3) is 2.58. The van der Waals surface area contributed by atoms with Gasteiger partial charge in [-0.2, -0.15) is 0 Å². The third-order valence-electron chi connectivity index (χ3n) is 4.72. The quantitative estimate of drug-likeness (QED) is 0.750. The van der Waals surface area contributed by atoms with Crippen LogP contribution >= 0.6 is 0 Å². The summed E-state index contributed by atoms with van der Waals surface area (Å²) in [5, 5.41) is 0. The summed E-state index contributed by atoms with van der Waals surface area (Å²) in [5.74, 6) is 0. The van der Waals surface area contributed by atoms with Gasteiger partial charge in [0.05, 0.1) is 0 Å². The number of rotatable bonds is 4. The average Bonchev–Trinajstić information content (AvgIpc) is 2.47. The number of nitrogens with zero attached hydrogens (tertiary/aromatic N) is 1. The highest BCUT2D eigenvalue weighted by molar-refractivity contribution is 5.75. The zero-order chi connectivity index (χ0) is 13.0.